The largest absolute Gasteiger partial charge is 0.393 e. The number of rotatable bonds is 1. The first-order valence-corrected chi connectivity index (χ1v) is 4.28. The van der Waals surface area contributed by atoms with Crippen molar-refractivity contribution in [3.63, 3.8) is 0 Å². The molecule has 1 unspecified atom stereocenters. The molecule has 2 atom stereocenters. The molecule has 2 N–H and O–H groups in total. The van der Waals surface area contributed by atoms with E-state index in [-0.39, 0.29) is 12.7 Å². The molecule has 70 valence electrons. The van der Waals surface area contributed by atoms with Gasteiger partial charge < -0.3 is 19.9 Å². The first-order chi connectivity index (χ1) is 5.58. The van der Waals surface area contributed by atoms with Crippen molar-refractivity contribution in [3.05, 3.63) is 0 Å². The maximum atomic E-state index is 9.21. The molecule has 4 heteroatoms. The molecule has 0 aromatic rings. The smallest absolute Gasteiger partial charge is 0.164 e. The van der Waals surface area contributed by atoms with Gasteiger partial charge in [-0.2, -0.15) is 0 Å². The zero-order valence-electron chi connectivity index (χ0n) is 7.46. The van der Waals surface area contributed by atoms with Crippen molar-refractivity contribution in [1.82, 2.24) is 5.32 Å². The molecule has 0 saturated carbocycles. The van der Waals surface area contributed by atoms with Crippen molar-refractivity contribution in [1.29, 1.82) is 0 Å². The lowest BCUT2D eigenvalue weighted by Gasteiger charge is -2.24. The second-order valence-corrected chi connectivity index (χ2v) is 3.96. The topological polar surface area (TPSA) is 50.7 Å². The maximum absolute atomic E-state index is 9.21. The Hall–Kier alpha value is -0.160. The SMILES string of the molecule is CC1(C)OC2CNC[C@@]2(CO)O1. The van der Waals surface area contributed by atoms with Gasteiger partial charge in [0.15, 0.2) is 5.79 Å². The molecule has 2 aliphatic rings. The van der Waals surface area contributed by atoms with Crippen LogP contribution in [0.1, 0.15) is 13.8 Å². The summed E-state index contributed by atoms with van der Waals surface area (Å²) in [5, 5.41) is 12.4. The Morgan fingerprint density at radius 2 is 2.33 bits per heavy atom. The normalized spacial score (nSPS) is 44.8. The summed E-state index contributed by atoms with van der Waals surface area (Å²) in [6, 6.07) is 0. The van der Waals surface area contributed by atoms with Gasteiger partial charge in [-0.05, 0) is 13.8 Å². The summed E-state index contributed by atoms with van der Waals surface area (Å²) < 4.78 is 11.3. The Labute approximate surface area is 71.9 Å². The standard InChI is InChI=1S/C8H15NO3/c1-7(2)11-6-3-9-4-8(6,5-10)12-7/h6,9-10H,3-5H2,1-2H3/t6?,8-/m0/s1. The van der Waals surface area contributed by atoms with E-state index in [4.69, 9.17) is 9.47 Å². The van der Waals surface area contributed by atoms with E-state index in [0.717, 1.165) is 6.54 Å². The summed E-state index contributed by atoms with van der Waals surface area (Å²) in [4.78, 5) is 0. The Morgan fingerprint density at radius 1 is 1.58 bits per heavy atom. The predicted molar refractivity (Wildman–Crippen MR) is 42.7 cm³/mol. The van der Waals surface area contributed by atoms with Gasteiger partial charge in [0.2, 0.25) is 0 Å². The van der Waals surface area contributed by atoms with Crippen molar-refractivity contribution in [2.24, 2.45) is 0 Å². The molecule has 2 aliphatic heterocycles. The Bertz CT molecular complexity index is 195. The number of aliphatic hydroxyl groups is 1. The van der Waals surface area contributed by atoms with Crippen molar-refractivity contribution in [3.8, 4) is 0 Å². The maximum Gasteiger partial charge on any atom is 0.164 e. The minimum absolute atomic E-state index is 0.00231. The average molecular weight is 173 g/mol. The van der Waals surface area contributed by atoms with Gasteiger partial charge in [-0.1, -0.05) is 0 Å². The molecule has 0 radical (unpaired) electrons. The lowest BCUT2D eigenvalue weighted by molar-refractivity contribution is -0.171. The highest BCUT2D eigenvalue weighted by Gasteiger charge is 2.55. The fourth-order valence-corrected chi connectivity index (χ4v) is 2.01. The van der Waals surface area contributed by atoms with Gasteiger partial charge in [-0.15, -0.1) is 0 Å². The average Bonchev–Trinajstić information content (AvgIpc) is 2.40. The molecule has 0 spiro atoms. The monoisotopic (exact) mass is 173 g/mol. The second-order valence-electron chi connectivity index (χ2n) is 3.96. The molecule has 0 amide bonds. The Balaban J connectivity index is 2.20. The molecule has 4 nitrogen and oxygen atoms in total. The minimum atomic E-state index is -0.546. The van der Waals surface area contributed by atoms with E-state index in [1.807, 2.05) is 13.8 Å². The van der Waals surface area contributed by atoms with Gasteiger partial charge in [0.1, 0.15) is 11.7 Å². The molecule has 12 heavy (non-hydrogen) atoms. The Kier molecular flexibility index (Phi) is 1.70. The summed E-state index contributed by atoms with van der Waals surface area (Å²) in [6.45, 7) is 5.22. The van der Waals surface area contributed by atoms with Gasteiger partial charge >= 0.3 is 0 Å². The number of ether oxygens (including phenoxy) is 2. The number of hydrogen-bond donors (Lipinski definition) is 2. The van der Waals surface area contributed by atoms with Gasteiger partial charge in [0.05, 0.1) is 6.61 Å². The third-order valence-corrected chi connectivity index (χ3v) is 2.48. The van der Waals surface area contributed by atoms with E-state index in [0.29, 0.717) is 6.54 Å². The highest BCUT2D eigenvalue weighted by molar-refractivity contribution is 5.03. The summed E-state index contributed by atoms with van der Waals surface area (Å²) in [7, 11) is 0. The summed E-state index contributed by atoms with van der Waals surface area (Å²) in [6.07, 6.45) is -0.00231. The molecule has 0 aromatic carbocycles. The van der Waals surface area contributed by atoms with Crippen LogP contribution >= 0.6 is 0 Å². The molecule has 2 fully saturated rings. The lowest BCUT2D eigenvalue weighted by atomic mass is 10.0. The molecule has 0 aromatic heterocycles. The summed E-state index contributed by atoms with van der Waals surface area (Å²) in [5.41, 5.74) is -0.497. The zero-order valence-corrected chi connectivity index (χ0v) is 7.46. The minimum Gasteiger partial charge on any atom is -0.393 e. The van der Waals surface area contributed by atoms with Crippen LogP contribution in [0.4, 0.5) is 0 Å². The van der Waals surface area contributed by atoms with Gasteiger partial charge in [-0.25, -0.2) is 0 Å². The van der Waals surface area contributed by atoms with Crippen molar-refractivity contribution < 1.29 is 14.6 Å². The second kappa shape index (κ2) is 2.42. The van der Waals surface area contributed by atoms with Crippen LogP contribution in [0, 0.1) is 0 Å². The van der Waals surface area contributed by atoms with Crippen LogP contribution in [-0.4, -0.2) is 42.3 Å². The fourth-order valence-electron chi connectivity index (χ4n) is 2.01. The zero-order chi connectivity index (χ0) is 8.82. The van der Waals surface area contributed by atoms with Crippen LogP contribution in [0.15, 0.2) is 0 Å². The van der Waals surface area contributed by atoms with Gasteiger partial charge in [-0.3, -0.25) is 0 Å². The highest BCUT2D eigenvalue weighted by atomic mass is 16.8. The number of fused-ring (bicyclic) bond motifs is 1. The molecule has 2 saturated heterocycles. The van der Waals surface area contributed by atoms with Crippen LogP contribution in [0.5, 0.6) is 0 Å². The lowest BCUT2D eigenvalue weighted by Crippen LogP contribution is -2.44. The first-order valence-electron chi connectivity index (χ1n) is 4.28. The summed E-state index contributed by atoms with van der Waals surface area (Å²) in [5.74, 6) is -0.546. The molecular formula is C8H15NO3. The molecule has 0 aliphatic carbocycles. The molecule has 2 heterocycles. The number of hydrogen-bond acceptors (Lipinski definition) is 4. The van der Waals surface area contributed by atoms with E-state index >= 15 is 0 Å². The van der Waals surface area contributed by atoms with E-state index in [2.05, 4.69) is 5.32 Å². The molecular weight excluding hydrogens is 158 g/mol. The highest BCUT2D eigenvalue weighted by Crippen LogP contribution is 2.37. The van der Waals surface area contributed by atoms with Crippen LogP contribution in [0.3, 0.4) is 0 Å². The van der Waals surface area contributed by atoms with Crippen molar-refractivity contribution in [2.75, 3.05) is 19.7 Å². The van der Waals surface area contributed by atoms with Crippen LogP contribution < -0.4 is 5.32 Å². The third-order valence-electron chi connectivity index (χ3n) is 2.48. The van der Waals surface area contributed by atoms with E-state index in [1.54, 1.807) is 0 Å². The van der Waals surface area contributed by atoms with Crippen molar-refractivity contribution >= 4 is 0 Å². The van der Waals surface area contributed by atoms with Crippen LogP contribution in [0.25, 0.3) is 0 Å². The number of aliphatic hydroxyl groups excluding tert-OH is 1. The van der Waals surface area contributed by atoms with E-state index in [9.17, 15) is 5.11 Å². The van der Waals surface area contributed by atoms with Gasteiger partial charge in [0.25, 0.3) is 0 Å². The predicted octanol–water partition coefficient (Wildman–Crippen LogP) is -0.528. The third kappa shape index (κ3) is 1.07. The first kappa shape index (κ1) is 8.44. The fraction of sp³-hybridized carbons (Fsp3) is 1.00. The Morgan fingerprint density at radius 3 is 2.92 bits per heavy atom. The molecule has 2 rings (SSSR count). The van der Waals surface area contributed by atoms with Crippen molar-refractivity contribution in [2.45, 2.75) is 31.3 Å². The molecule has 0 bridgehead atoms. The van der Waals surface area contributed by atoms with E-state index < -0.39 is 11.4 Å². The van der Waals surface area contributed by atoms with Crippen LogP contribution in [0.2, 0.25) is 0 Å². The van der Waals surface area contributed by atoms with Crippen LogP contribution in [-0.2, 0) is 9.47 Å². The van der Waals surface area contributed by atoms with Gasteiger partial charge in [0, 0.05) is 13.1 Å². The summed E-state index contributed by atoms with van der Waals surface area (Å²) >= 11 is 0. The van der Waals surface area contributed by atoms with E-state index in [1.165, 1.54) is 0 Å². The number of nitrogens with one attached hydrogen (secondary N) is 1. The quantitative estimate of drug-likeness (QED) is 0.560.